The molecule has 0 saturated heterocycles. The second-order valence-corrected chi connectivity index (χ2v) is 8.13. The average molecular weight is 334 g/mol. The molecule has 6 atom stereocenters. The van der Waals surface area contributed by atoms with Gasteiger partial charge in [0.25, 0.3) is 0 Å². The zero-order valence-corrected chi connectivity index (χ0v) is 15.5. The summed E-state index contributed by atoms with van der Waals surface area (Å²) >= 11 is 0. The minimum Gasteiger partial charge on any atom is -0.459 e. The summed E-state index contributed by atoms with van der Waals surface area (Å²) in [6, 6.07) is 0. The SMILES string of the molecule is C=C(C)[C@@H]1C[C@]2(C)[C@@H](C)[C@H](OC(=O)C=C(C)C)CC[C@H]2[C@H](O)C1=O. The van der Waals surface area contributed by atoms with Crippen molar-refractivity contribution in [1.29, 1.82) is 0 Å². The Morgan fingerprint density at radius 3 is 2.50 bits per heavy atom. The fourth-order valence-corrected chi connectivity index (χ4v) is 4.48. The maximum Gasteiger partial charge on any atom is 0.330 e. The van der Waals surface area contributed by atoms with E-state index in [1.807, 2.05) is 20.8 Å². The number of aliphatic hydroxyl groups is 1. The van der Waals surface area contributed by atoms with Crippen molar-refractivity contribution < 1.29 is 19.4 Å². The fraction of sp³-hybridized carbons (Fsp3) is 0.700. The topological polar surface area (TPSA) is 63.6 Å². The molecule has 0 spiro atoms. The number of allylic oxidation sites excluding steroid dienone is 2. The second-order valence-electron chi connectivity index (χ2n) is 8.13. The van der Waals surface area contributed by atoms with Crippen molar-refractivity contribution >= 4 is 11.8 Å². The first-order valence-corrected chi connectivity index (χ1v) is 8.80. The van der Waals surface area contributed by atoms with E-state index >= 15 is 0 Å². The number of Topliss-reactive ketones (excluding diaryl/α,β-unsaturated/α-hetero) is 1. The normalized spacial score (nSPS) is 38.9. The number of hydrogen-bond donors (Lipinski definition) is 1. The summed E-state index contributed by atoms with van der Waals surface area (Å²) in [6.45, 7) is 13.7. The lowest BCUT2D eigenvalue weighted by Crippen LogP contribution is -2.57. The molecular weight excluding hydrogens is 304 g/mol. The van der Waals surface area contributed by atoms with Gasteiger partial charge in [-0.3, -0.25) is 4.79 Å². The van der Waals surface area contributed by atoms with Crippen LogP contribution in [0.2, 0.25) is 0 Å². The highest BCUT2D eigenvalue weighted by molar-refractivity contribution is 5.89. The Hall–Kier alpha value is -1.42. The van der Waals surface area contributed by atoms with Crippen molar-refractivity contribution in [2.75, 3.05) is 0 Å². The van der Waals surface area contributed by atoms with E-state index in [-0.39, 0.29) is 41.0 Å². The Kier molecular flexibility index (Phi) is 5.38. The predicted molar refractivity (Wildman–Crippen MR) is 93.2 cm³/mol. The molecule has 0 amide bonds. The van der Waals surface area contributed by atoms with Gasteiger partial charge in [-0.05, 0) is 57.3 Å². The van der Waals surface area contributed by atoms with Gasteiger partial charge < -0.3 is 9.84 Å². The minimum absolute atomic E-state index is 0.0750. The van der Waals surface area contributed by atoms with Gasteiger partial charge in [0.15, 0.2) is 5.78 Å². The highest BCUT2D eigenvalue weighted by Crippen LogP contribution is 2.55. The Morgan fingerprint density at radius 1 is 1.33 bits per heavy atom. The number of carbonyl (C=O) groups is 2. The van der Waals surface area contributed by atoms with E-state index in [4.69, 9.17) is 4.74 Å². The zero-order chi connectivity index (χ0) is 18.2. The van der Waals surface area contributed by atoms with Crippen molar-refractivity contribution in [3.05, 3.63) is 23.8 Å². The molecule has 2 fully saturated rings. The largest absolute Gasteiger partial charge is 0.459 e. The van der Waals surface area contributed by atoms with Gasteiger partial charge in [0, 0.05) is 12.0 Å². The second kappa shape index (κ2) is 6.83. The van der Waals surface area contributed by atoms with Crippen molar-refractivity contribution in [3.63, 3.8) is 0 Å². The molecule has 0 aromatic carbocycles. The van der Waals surface area contributed by atoms with E-state index in [1.165, 1.54) is 6.08 Å². The van der Waals surface area contributed by atoms with E-state index in [2.05, 4.69) is 20.4 Å². The number of esters is 1. The van der Waals surface area contributed by atoms with Crippen LogP contribution in [0.5, 0.6) is 0 Å². The zero-order valence-electron chi connectivity index (χ0n) is 15.5. The fourth-order valence-electron chi connectivity index (χ4n) is 4.48. The molecule has 0 aromatic heterocycles. The Labute approximate surface area is 145 Å². The highest BCUT2D eigenvalue weighted by atomic mass is 16.5. The number of ether oxygens (including phenoxy) is 1. The maximum atomic E-state index is 12.4. The van der Waals surface area contributed by atoms with E-state index in [1.54, 1.807) is 0 Å². The van der Waals surface area contributed by atoms with E-state index < -0.39 is 6.10 Å². The predicted octanol–water partition coefficient (Wildman–Crippen LogP) is 3.44. The summed E-state index contributed by atoms with van der Waals surface area (Å²) in [6.07, 6.45) is 2.44. The summed E-state index contributed by atoms with van der Waals surface area (Å²) in [5.74, 6) is -0.713. The lowest BCUT2D eigenvalue weighted by molar-refractivity contribution is -0.172. The number of fused-ring (bicyclic) bond motifs is 1. The van der Waals surface area contributed by atoms with Crippen molar-refractivity contribution in [1.82, 2.24) is 0 Å². The molecule has 4 heteroatoms. The lowest BCUT2D eigenvalue weighted by atomic mass is 9.51. The molecule has 1 N–H and O–H groups in total. The van der Waals surface area contributed by atoms with Gasteiger partial charge >= 0.3 is 5.97 Å². The van der Waals surface area contributed by atoms with Crippen LogP contribution in [0.25, 0.3) is 0 Å². The standard InChI is InChI=1S/C20H30O4/c1-11(2)9-17(21)24-16-8-7-15-19(23)18(22)14(12(3)4)10-20(15,6)13(16)5/h9,13-16,19,23H,3,7-8,10H2,1-2,4-6H3/t13-,14-,15-,16+,19-,20+/m0/s1. The summed E-state index contributed by atoms with van der Waals surface area (Å²) in [7, 11) is 0. The summed E-state index contributed by atoms with van der Waals surface area (Å²) in [4.78, 5) is 24.5. The van der Waals surface area contributed by atoms with Crippen LogP contribution in [0.1, 0.15) is 53.9 Å². The molecule has 134 valence electrons. The highest BCUT2D eigenvalue weighted by Gasteiger charge is 2.56. The van der Waals surface area contributed by atoms with Gasteiger partial charge in [0.2, 0.25) is 0 Å². The first-order chi connectivity index (χ1) is 11.1. The van der Waals surface area contributed by atoms with Gasteiger partial charge in [0.05, 0.1) is 0 Å². The van der Waals surface area contributed by atoms with Gasteiger partial charge in [0.1, 0.15) is 12.2 Å². The maximum absolute atomic E-state index is 12.4. The molecule has 2 aliphatic rings. The molecule has 0 aromatic rings. The molecule has 2 aliphatic carbocycles. The van der Waals surface area contributed by atoms with Crippen LogP contribution in [0, 0.1) is 23.2 Å². The molecule has 4 nitrogen and oxygen atoms in total. The first kappa shape index (κ1) is 18.9. The van der Waals surface area contributed by atoms with Crippen LogP contribution in [0.15, 0.2) is 23.8 Å². The van der Waals surface area contributed by atoms with Gasteiger partial charge in [-0.1, -0.05) is 31.6 Å². The minimum atomic E-state index is -0.942. The Bertz CT molecular complexity index is 572. The van der Waals surface area contributed by atoms with Crippen molar-refractivity contribution in [3.8, 4) is 0 Å². The number of hydrogen-bond acceptors (Lipinski definition) is 4. The van der Waals surface area contributed by atoms with Crippen LogP contribution in [-0.2, 0) is 14.3 Å². The molecule has 0 aliphatic heterocycles. The Balaban J connectivity index is 2.23. The summed E-state index contributed by atoms with van der Waals surface area (Å²) < 4.78 is 5.68. The number of carbonyl (C=O) groups excluding carboxylic acids is 2. The van der Waals surface area contributed by atoms with Crippen LogP contribution < -0.4 is 0 Å². The Morgan fingerprint density at radius 2 is 1.96 bits per heavy atom. The molecule has 0 bridgehead atoms. The molecule has 2 saturated carbocycles. The van der Waals surface area contributed by atoms with Crippen molar-refractivity contribution in [2.24, 2.45) is 23.2 Å². The molecule has 0 heterocycles. The molecule has 24 heavy (non-hydrogen) atoms. The smallest absolute Gasteiger partial charge is 0.330 e. The summed E-state index contributed by atoms with van der Waals surface area (Å²) in [5.41, 5.74) is 1.47. The van der Waals surface area contributed by atoms with E-state index in [9.17, 15) is 14.7 Å². The average Bonchev–Trinajstić information content (AvgIpc) is 2.46. The quantitative estimate of drug-likeness (QED) is 0.488. The third-order valence-corrected chi connectivity index (χ3v) is 6.14. The van der Waals surface area contributed by atoms with Crippen molar-refractivity contribution in [2.45, 2.75) is 66.1 Å². The third-order valence-electron chi connectivity index (χ3n) is 6.14. The van der Waals surface area contributed by atoms with Crippen LogP contribution in [0.3, 0.4) is 0 Å². The van der Waals surface area contributed by atoms with E-state index in [0.29, 0.717) is 19.3 Å². The van der Waals surface area contributed by atoms with E-state index in [0.717, 1.165) is 11.1 Å². The number of rotatable bonds is 3. The third kappa shape index (κ3) is 3.34. The number of aliphatic hydroxyl groups excluding tert-OH is 1. The first-order valence-electron chi connectivity index (χ1n) is 8.80. The monoisotopic (exact) mass is 334 g/mol. The molecular formula is C20H30O4. The van der Waals surface area contributed by atoms with Gasteiger partial charge in [-0.2, -0.15) is 0 Å². The molecule has 0 unspecified atom stereocenters. The van der Waals surface area contributed by atoms with Crippen LogP contribution >= 0.6 is 0 Å². The van der Waals surface area contributed by atoms with Crippen LogP contribution in [-0.4, -0.2) is 29.1 Å². The number of ketones is 1. The molecule has 2 rings (SSSR count). The summed E-state index contributed by atoms with van der Waals surface area (Å²) in [5, 5.41) is 10.6. The lowest BCUT2D eigenvalue weighted by Gasteiger charge is -2.54. The van der Waals surface area contributed by atoms with Gasteiger partial charge in [-0.15, -0.1) is 0 Å². The molecule has 0 radical (unpaired) electrons. The van der Waals surface area contributed by atoms with Crippen LogP contribution in [0.4, 0.5) is 0 Å². The van der Waals surface area contributed by atoms with Gasteiger partial charge in [-0.25, -0.2) is 4.79 Å².